The maximum atomic E-state index is 12.3. The molecule has 2 aromatic carbocycles. The fourth-order valence-electron chi connectivity index (χ4n) is 2.04. The molecule has 0 aliphatic rings. The normalized spacial score (nSPS) is 10.3. The maximum absolute atomic E-state index is 12.3. The van der Waals surface area contributed by atoms with Crippen molar-refractivity contribution in [3.8, 4) is 5.75 Å². The Morgan fingerprint density at radius 1 is 1.19 bits per heavy atom. The van der Waals surface area contributed by atoms with Gasteiger partial charge in [-0.05, 0) is 53.2 Å². The van der Waals surface area contributed by atoms with E-state index in [4.69, 9.17) is 4.74 Å². The first-order valence-corrected chi connectivity index (χ1v) is 7.45. The lowest BCUT2D eigenvalue weighted by atomic mass is 10.1. The van der Waals surface area contributed by atoms with Gasteiger partial charge in [0.15, 0.2) is 5.78 Å². The molecular weight excluding hydrogens is 330 g/mol. The highest BCUT2D eigenvalue weighted by atomic mass is 79.9. The third-order valence-corrected chi connectivity index (χ3v) is 3.95. The highest BCUT2D eigenvalue weighted by Gasteiger charge is 2.12. The van der Waals surface area contributed by atoms with E-state index in [0.29, 0.717) is 12.1 Å². The summed E-state index contributed by atoms with van der Waals surface area (Å²) >= 11 is 3.40. The van der Waals surface area contributed by atoms with E-state index >= 15 is 0 Å². The molecule has 0 heterocycles. The Morgan fingerprint density at radius 3 is 2.43 bits per heavy atom. The minimum atomic E-state index is 0.0708. The van der Waals surface area contributed by atoms with E-state index in [9.17, 15) is 4.79 Å². The Labute approximate surface area is 133 Å². The number of anilines is 1. The van der Waals surface area contributed by atoms with Gasteiger partial charge >= 0.3 is 0 Å². The van der Waals surface area contributed by atoms with Crippen LogP contribution < -0.4 is 9.64 Å². The first kappa shape index (κ1) is 15.6. The van der Waals surface area contributed by atoms with Crippen molar-refractivity contribution in [3.05, 3.63) is 58.1 Å². The largest absolute Gasteiger partial charge is 0.496 e. The van der Waals surface area contributed by atoms with Gasteiger partial charge in [0.2, 0.25) is 0 Å². The molecule has 0 aromatic heterocycles. The first-order valence-electron chi connectivity index (χ1n) is 6.66. The number of likely N-dealkylation sites (N-methyl/N-ethyl adjacent to an activating group) is 1. The number of halogens is 1. The van der Waals surface area contributed by atoms with Gasteiger partial charge in [-0.2, -0.15) is 0 Å². The monoisotopic (exact) mass is 347 g/mol. The average molecular weight is 348 g/mol. The number of nitrogens with zero attached hydrogens (tertiary/aromatic N) is 1. The molecule has 3 nitrogen and oxygen atoms in total. The summed E-state index contributed by atoms with van der Waals surface area (Å²) in [6.45, 7) is 2.38. The molecule has 0 radical (unpaired) electrons. The molecule has 2 rings (SSSR count). The van der Waals surface area contributed by atoms with Crippen molar-refractivity contribution in [1.29, 1.82) is 0 Å². The number of carbonyl (C=O) groups excluding carboxylic acids is 1. The molecule has 0 fully saturated rings. The number of carbonyl (C=O) groups is 1. The van der Waals surface area contributed by atoms with Gasteiger partial charge in [0.1, 0.15) is 5.75 Å². The van der Waals surface area contributed by atoms with Gasteiger partial charge in [-0.25, -0.2) is 0 Å². The number of benzene rings is 2. The number of rotatable bonds is 5. The van der Waals surface area contributed by atoms with E-state index < -0.39 is 0 Å². The van der Waals surface area contributed by atoms with Crippen LogP contribution in [0.3, 0.4) is 0 Å². The average Bonchev–Trinajstić information content (AvgIpc) is 2.47. The van der Waals surface area contributed by atoms with Gasteiger partial charge in [0, 0.05) is 18.3 Å². The minimum Gasteiger partial charge on any atom is -0.496 e. The van der Waals surface area contributed by atoms with Gasteiger partial charge in [-0.1, -0.05) is 17.7 Å². The van der Waals surface area contributed by atoms with E-state index in [1.807, 2.05) is 43.1 Å². The van der Waals surface area contributed by atoms with Gasteiger partial charge < -0.3 is 9.64 Å². The van der Waals surface area contributed by atoms with Crippen molar-refractivity contribution >= 4 is 27.4 Å². The topological polar surface area (TPSA) is 29.5 Å². The van der Waals surface area contributed by atoms with E-state index in [1.165, 1.54) is 5.56 Å². The zero-order valence-electron chi connectivity index (χ0n) is 12.4. The SMILES string of the molecule is COc1ccc(C(=O)CN(C)c2ccc(C)cc2)cc1Br. The van der Waals surface area contributed by atoms with Crippen LogP contribution >= 0.6 is 15.9 Å². The molecule has 0 unspecified atom stereocenters. The van der Waals surface area contributed by atoms with Crippen molar-refractivity contribution in [1.82, 2.24) is 0 Å². The van der Waals surface area contributed by atoms with E-state index in [0.717, 1.165) is 15.9 Å². The van der Waals surface area contributed by atoms with E-state index in [2.05, 4.69) is 15.9 Å². The Hall–Kier alpha value is -1.81. The quantitative estimate of drug-likeness (QED) is 0.763. The Balaban J connectivity index is 2.10. The van der Waals surface area contributed by atoms with Gasteiger partial charge in [-0.3, -0.25) is 4.79 Å². The summed E-state index contributed by atoms with van der Waals surface area (Å²) in [5.74, 6) is 0.792. The zero-order valence-corrected chi connectivity index (χ0v) is 14.0. The van der Waals surface area contributed by atoms with Gasteiger partial charge in [0.05, 0.1) is 18.1 Å². The second-order valence-corrected chi connectivity index (χ2v) is 5.82. The zero-order chi connectivity index (χ0) is 15.4. The van der Waals surface area contributed by atoms with Crippen LogP contribution in [-0.2, 0) is 0 Å². The maximum Gasteiger partial charge on any atom is 0.182 e. The first-order chi connectivity index (χ1) is 10.0. The highest BCUT2D eigenvalue weighted by Crippen LogP contribution is 2.26. The second-order valence-electron chi connectivity index (χ2n) is 4.96. The van der Waals surface area contributed by atoms with E-state index in [-0.39, 0.29) is 5.78 Å². The molecule has 0 bridgehead atoms. The predicted molar refractivity (Wildman–Crippen MR) is 89.5 cm³/mol. The van der Waals surface area contributed by atoms with Crippen LogP contribution in [0.5, 0.6) is 5.75 Å². The van der Waals surface area contributed by atoms with Crippen molar-refractivity contribution in [2.24, 2.45) is 0 Å². The second kappa shape index (κ2) is 6.76. The fraction of sp³-hybridized carbons (Fsp3) is 0.235. The summed E-state index contributed by atoms with van der Waals surface area (Å²) in [6.07, 6.45) is 0. The number of aryl methyl sites for hydroxylation is 1. The van der Waals surface area contributed by atoms with Crippen LogP contribution in [0.15, 0.2) is 46.9 Å². The summed E-state index contributed by atoms with van der Waals surface area (Å²) in [6, 6.07) is 13.5. The van der Waals surface area contributed by atoms with Crippen LogP contribution in [0.25, 0.3) is 0 Å². The molecule has 110 valence electrons. The van der Waals surface area contributed by atoms with Crippen LogP contribution in [0, 0.1) is 6.92 Å². The van der Waals surface area contributed by atoms with Crippen molar-refractivity contribution in [3.63, 3.8) is 0 Å². The summed E-state index contributed by atoms with van der Waals surface area (Å²) < 4.78 is 5.96. The molecule has 4 heteroatoms. The molecule has 0 aliphatic carbocycles. The highest BCUT2D eigenvalue weighted by molar-refractivity contribution is 9.10. The molecule has 21 heavy (non-hydrogen) atoms. The molecule has 0 atom stereocenters. The summed E-state index contributed by atoms with van der Waals surface area (Å²) in [5.41, 5.74) is 2.90. The molecular formula is C17H18BrNO2. The minimum absolute atomic E-state index is 0.0708. The lowest BCUT2D eigenvalue weighted by Gasteiger charge is -2.18. The van der Waals surface area contributed by atoms with Crippen LogP contribution in [0.2, 0.25) is 0 Å². The number of hydrogen-bond donors (Lipinski definition) is 0. The molecule has 0 spiro atoms. The van der Waals surface area contributed by atoms with Crippen LogP contribution in [0.4, 0.5) is 5.69 Å². The number of Topliss-reactive ketones (excluding diaryl/α,β-unsaturated/α-hetero) is 1. The van der Waals surface area contributed by atoms with Crippen LogP contribution in [0.1, 0.15) is 15.9 Å². The molecule has 2 aromatic rings. The van der Waals surface area contributed by atoms with E-state index in [1.54, 1.807) is 25.3 Å². The summed E-state index contributed by atoms with van der Waals surface area (Å²) in [4.78, 5) is 14.3. The van der Waals surface area contributed by atoms with Crippen molar-refractivity contribution < 1.29 is 9.53 Å². The van der Waals surface area contributed by atoms with Crippen molar-refractivity contribution in [2.75, 3.05) is 25.6 Å². The number of ketones is 1. The third-order valence-electron chi connectivity index (χ3n) is 3.33. The lowest BCUT2D eigenvalue weighted by molar-refractivity contribution is 0.100. The number of methoxy groups -OCH3 is 1. The Bertz CT molecular complexity index is 638. The van der Waals surface area contributed by atoms with Gasteiger partial charge in [-0.15, -0.1) is 0 Å². The molecule has 0 N–H and O–H groups in total. The Kier molecular flexibility index (Phi) is 5.02. The molecule has 0 saturated carbocycles. The third kappa shape index (κ3) is 3.85. The Morgan fingerprint density at radius 2 is 1.86 bits per heavy atom. The predicted octanol–water partition coefficient (Wildman–Crippen LogP) is 4.09. The number of hydrogen-bond acceptors (Lipinski definition) is 3. The summed E-state index contributed by atoms with van der Waals surface area (Å²) in [7, 11) is 3.52. The van der Waals surface area contributed by atoms with Crippen LogP contribution in [-0.4, -0.2) is 26.5 Å². The smallest absolute Gasteiger partial charge is 0.182 e. The fourth-order valence-corrected chi connectivity index (χ4v) is 2.58. The molecule has 0 saturated heterocycles. The van der Waals surface area contributed by atoms with Crippen molar-refractivity contribution in [2.45, 2.75) is 6.92 Å². The molecule has 0 amide bonds. The van der Waals surface area contributed by atoms with Gasteiger partial charge in [0.25, 0.3) is 0 Å². The standard InChI is InChI=1S/C17H18BrNO2/c1-12-4-7-14(8-5-12)19(2)11-16(20)13-6-9-17(21-3)15(18)10-13/h4-10H,11H2,1-3H3. The molecule has 0 aliphatic heterocycles. The lowest BCUT2D eigenvalue weighted by Crippen LogP contribution is -2.25. The summed E-state index contributed by atoms with van der Waals surface area (Å²) in [5, 5.41) is 0. The number of ether oxygens (including phenoxy) is 1.